The summed E-state index contributed by atoms with van der Waals surface area (Å²) in [5.74, 6) is 2.02. The van der Waals surface area contributed by atoms with E-state index in [9.17, 15) is 4.79 Å². The average Bonchev–Trinajstić information content (AvgIpc) is 3.15. The molecule has 0 radical (unpaired) electrons. The minimum atomic E-state index is 0.363. The van der Waals surface area contributed by atoms with Gasteiger partial charge in [-0.1, -0.05) is 25.0 Å². The van der Waals surface area contributed by atoms with E-state index >= 15 is 0 Å². The molecule has 4 heteroatoms. The summed E-state index contributed by atoms with van der Waals surface area (Å²) in [6.07, 6.45) is 10.0. The van der Waals surface area contributed by atoms with Gasteiger partial charge in [0.2, 0.25) is 5.91 Å². The predicted octanol–water partition coefficient (Wildman–Crippen LogP) is 4.01. The van der Waals surface area contributed by atoms with Crippen molar-refractivity contribution in [3.8, 4) is 5.75 Å². The van der Waals surface area contributed by atoms with Gasteiger partial charge in [0.15, 0.2) is 0 Å². The highest BCUT2D eigenvalue weighted by atomic mass is 16.5. The van der Waals surface area contributed by atoms with Crippen LogP contribution >= 0.6 is 0 Å². The highest BCUT2D eigenvalue weighted by Crippen LogP contribution is 2.36. The predicted molar refractivity (Wildman–Crippen MR) is 103 cm³/mol. The van der Waals surface area contributed by atoms with Crippen molar-refractivity contribution in [3.63, 3.8) is 0 Å². The zero-order chi connectivity index (χ0) is 17.9. The van der Waals surface area contributed by atoms with Gasteiger partial charge < -0.3 is 9.64 Å². The van der Waals surface area contributed by atoms with Crippen LogP contribution in [0.5, 0.6) is 5.75 Å². The number of hydrogen-bond acceptors (Lipinski definition) is 3. The number of benzene rings is 1. The highest BCUT2D eigenvalue weighted by molar-refractivity contribution is 5.79. The Kier molecular flexibility index (Phi) is 5.49. The molecule has 0 aromatic heterocycles. The first-order valence-electron chi connectivity index (χ1n) is 10.4. The van der Waals surface area contributed by atoms with E-state index in [0.29, 0.717) is 24.5 Å². The van der Waals surface area contributed by atoms with Crippen LogP contribution in [0.3, 0.4) is 0 Å². The third-order valence-electron chi connectivity index (χ3n) is 6.77. The maximum atomic E-state index is 13.2. The van der Waals surface area contributed by atoms with Crippen LogP contribution in [0.4, 0.5) is 0 Å². The summed E-state index contributed by atoms with van der Waals surface area (Å²) >= 11 is 0. The lowest BCUT2D eigenvalue weighted by atomic mass is 9.78. The lowest BCUT2D eigenvalue weighted by molar-refractivity contribution is -0.139. The van der Waals surface area contributed by atoms with Gasteiger partial charge in [0.1, 0.15) is 5.75 Å². The lowest BCUT2D eigenvalue weighted by Gasteiger charge is -2.44. The number of amides is 1. The molecule has 26 heavy (non-hydrogen) atoms. The number of carbonyl (C=O) groups is 1. The molecule has 2 heterocycles. The fourth-order valence-electron chi connectivity index (χ4n) is 5.42. The molecule has 1 aromatic rings. The molecule has 3 aliphatic rings. The number of likely N-dealkylation sites (tertiary alicyclic amines) is 2. The maximum Gasteiger partial charge on any atom is 0.237 e. The van der Waals surface area contributed by atoms with Crippen molar-refractivity contribution in [1.82, 2.24) is 9.80 Å². The third kappa shape index (κ3) is 3.62. The molecule has 3 unspecified atom stereocenters. The van der Waals surface area contributed by atoms with Crippen molar-refractivity contribution in [2.45, 2.75) is 63.5 Å². The molecule has 0 spiro atoms. The number of ether oxygens (including phenoxy) is 1. The summed E-state index contributed by atoms with van der Waals surface area (Å²) in [7, 11) is 1.70. The first kappa shape index (κ1) is 17.8. The van der Waals surface area contributed by atoms with Crippen LogP contribution < -0.4 is 4.74 Å². The molecule has 1 saturated carbocycles. The van der Waals surface area contributed by atoms with Gasteiger partial charge in [0.25, 0.3) is 0 Å². The summed E-state index contributed by atoms with van der Waals surface area (Å²) in [6.45, 7) is 2.59. The van der Waals surface area contributed by atoms with Crippen molar-refractivity contribution >= 4 is 5.91 Å². The number of nitrogens with zero attached hydrogens (tertiary/aromatic N) is 2. The Morgan fingerprint density at radius 3 is 2.54 bits per heavy atom. The van der Waals surface area contributed by atoms with Crippen LogP contribution in [0.2, 0.25) is 0 Å². The van der Waals surface area contributed by atoms with Crippen LogP contribution in [0, 0.1) is 5.92 Å². The molecule has 1 aromatic carbocycles. The normalized spacial score (nSPS) is 29.4. The van der Waals surface area contributed by atoms with Gasteiger partial charge in [-0.3, -0.25) is 9.69 Å². The molecule has 2 aliphatic heterocycles. The summed E-state index contributed by atoms with van der Waals surface area (Å²) in [5.41, 5.74) is 1.31. The zero-order valence-electron chi connectivity index (χ0n) is 16.0. The average molecular weight is 357 g/mol. The van der Waals surface area contributed by atoms with E-state index < -0.39 is 0 Å². The van der Waals surface area contributed by atoms with Gasteiger partial charge in [-0.25, -0.2) is 0 Å². The van der Waals surface area contributed by atoms with E-state index in [2.05, 4.69) is 21.9 Å². The number of rotatable bonds is 4. The number of hydrogen-bond donors (Lipinski definition) is 0. The second kappa shape index (κ2) is 7.99. The molecule has 1 aliphatic carbocycles. The molecule has 142 valence electrons. The summed E-state index contributed by atoms with van der Waals surface area (Å²) in [4.78, 5) is 17.8. The Bertz CT molecular complexity index is 613. The second-order valence-electron chi connectivity index (χ2n) is 8.24. The number of piperidine rings is 1. The summed E-state index contributed by atoms with van der Waals surface area (Å²) in [6, 6.07) is 9.27. The van der Waals surface area contributed by atoms with Crippen molar-refractivity contribution in [3.05, 3.63) is 29.8 Å². The summed E-state index contributed by atoms with van der Waals surface area (Å²) < 4.78 is 5.28. The van der Waals surface area contributed by atoms with E-state index in [1.54, 1.807) is 7.11 Å². The van der Waals surface area contributed by atoms with Gasteiger partial charge in [0.05, 0.1) is 13.7 Å². The number of methoxy groups -OCH3 is 1. The van der Waals surface area contributed by atoms with Crippen molar-refractivity contribution < 1.29 is 9.53 Å². The third-order valence-corrected chi connectivity index (χ3v) is 6.77. The molecule has 1 amide bonds. The van der Waals surface area contributed by atoms with E-state index in [1.165, 1.54) is 50.5 Å². The first-order valence-corrected chi connectivity index (χ1v) is 10.4. The van der Waals surface area contributed by atoms with Crippen LogP contribution in [-0.2, 0) is 4.79 Å². The van der Waals surface area contributed by atoms with Crippen molar-refractivity contribution in [2.24, 2.45) is 5.92 Å². The molecule has 0 N–H and O–H groups in total. The highest BCUT2D eigenvalue weighted by Gasteiger charge is 2.37. The minimum absolute atomic E-state index is 0.363. The van der Waals surface area contributed by atoms with Crippen LogP contribution in [0.1, 0.15) is 63.0 Å². The Morgan fingerprint density at radius 2 is 1.73 bits per heavy atom. The van der Waals surface area contributed by atoms with E-state index in [4.69, 9.17) is 4.74 Å². The monoisotopic (exact) mass is 356 g/mol. The van der Waals surface area contributed by atoms with Gasteiger partial charge in [0, 0.05) is 18.6 Å². The molecule has 3 fully saturated rings. The molecule has 0 bridgehead atoms. The van der Waals surface area contributed by atoms with Crippen LogP contribution in [0.25, 0.3) is 0 Å². The standard InChI is InChI=1S/C22H32N2O2/c1-26-19-12-10-18(11-13-19)20-9-5-14-23(20)16-22(25)24-15-4-7-17-6-2-3-8-21(17)24/h10-13,17,20-21H,2-9,14-16H2,1H3. The van der Waals surface area contributed by atoms with Gasteiger partial charge in [-0.2, -0.15) is 0 Å². The van der Waals surface area contributed by atoms with Gasteiger partial charge in [-0.15, -0.1) is 0 Å². The van der Waals surface area contributed by atoms with Gasteiger partial charge in [-0.05, 0) is 68.7 Å². The molecule has 2 saturated heterocycles. The van der Waals surface area contributed by atoms with Crippen molar-refractivity contribution in [2.75, 3.05) is 26.7 Å². The quantitative estimate of drug-likeness (QED) is 0.817. The fourth-order valence-corrected chi connectivity index (χ4v) is 5.42. The first-order chi connectivity index (χ1) is 12.8. The zero-order valence-corrected chi connectivity index (χ0v) is 16.0. The topological polar surface area (TPSA) is 32.8 Å². The number of carbonyl (C=O) groups excluding carboxylic acids is 1. The van der Waals surface area contributed by atoms with Crippen LogP contribution in [-0.4, -0.2) is 48.5 Å². The molecule has 4 rings (SSSR count). The summed E-state index contributed by atoms with van der Waals surface area (Å²) in [5, 5.41) is 0. The smallest absolute Gasteiger partial charge is 0.237 e. The largest absolute Gasteiger partial charge is 0.497 e. The number of fused-ring (bicyclic) bond motifs is 1. The second-order valence-corrected chi connectivity index (χ2v) is 8.24. The van der Waals surface area contributed by atoms with Gasteiger partial charge >= 0.3 is 0 Å². The minimum Gasteiger partial charge on any atom is -0.497 e. The molecule has 4 nitrogen and oxygen atoms in total. The fraction of sp³-hybridized carbons (Fsp3) is 0.682. The van der Waals surface area contributed by atoms with E-state index in [1.807, 2.05) is 12.1 Å². The van der Waals surface area contributed by atoms with E-state index in [-0.39, 0.29) is 0 Å². The molecule has 3 atom stereocenters. The van der Waals surface area contributed by atoms with Crippen LogP contribution in [0.15, 0.2) is 24.3 Å². The van der Waals surface area contributed by atoms with E-state index in [0.717, 1.165) is 31.2 Å². The SMILES string of the molecule is COc1ccc(C2CCCN2CC(=O)N2CCCC3CCCCC32)cc1. The lowest BCUT2D eigenvalue weighted by Crippen LogP contribution is -2.52. The maximum absolute atomic E-state index is 13.2. The Hall–Kier alpha value is -1.55. The Morgan fingerprint density at radius 1 is 1.00 bits per heavy atom. The molecular formula is C22H32N2O2. The Labute approximate surface area is 157 Å². The molecular weight excluding hydrogens is 324 g/mol. The van der Waals surface area contributed by atoms with Crippen molar-refractivity contribution in [1.29, 1.82) is 0 Å². The Balaban J connectivity index is 1.42.